The van der Waals surface area contributed by atoms with Crippen LogP contribution in [0.3, 0.4) is 0 Å². The molecule has 0 bridgehead atoms. The largest absolute Gasteiger partial charge is 0.539 e. The number of methoxy groups -OCH3 is 1. The Morgan fingerprint density at radius 2 is 1.68 bits per heavy atom. The Balaban J connectivity index is 1.56. The normalized spacial score (nSPS) is 12.9. The fourth-order valence-electron chi connectivity index (χ4n) is 3.91. The molecule has 0 amide bonds. The van der Waals surface area contributed by atoms with E-state index >= 15 is 0 Å². The summed E-state index contributed by atoms with van der Waals surface area (Å²) in [5.41, 5.74) is 4.07. The van der Waals surface area contributed by atoms with Crippen LogP contribution in [0.5, 0.6) is 11.7 Å². The molecular formula is C27H20N6O3S. The summed E-state index contributed by atoms with van der Waals surface area (Å²) in [6.45, 7) is 1.99. The highest BCUT2D eigenvalue weighted by atomic mass is 32.2. The molecule has 3 heterocycles. The van der Waals surface area contributed by atoms with Crippen molar-refractivity contribution in [2.24, 2.45) is 5.10 Å². The van der Waals surface area contributed by atoms with E-state index in [2.05, 4.69) is 15.5 Å². The lowest BCUT2D eigenvalue weighted by molar-refractivity contribution is -0.671. The van der Waals surface area contributed by atoms with Gasteiger partial charge >= 0.3 is 0 Å². The smallest absolute Gasteiger partial charge is 0.290 e. The molecule has 1 aliphatic rings. The summed E-state index contributed by atoms with van der Waals surface area (Å²) in [4.78, 5) is 0.822. The molecule has 5 aromatic rings. The monoisotopic (exact) mass is 508 g/mol. The number of aromatic nitrogens is 5. The number of ether oxygens (including phenoxy) is 1. The van der Waals surface area contributed by atoms with E-state index in [0.717, 1.165) is 27.3 Å². The summed E-state index contributed by atoms with van der Waals surface area (Å²) in [6.07, 6.45) is 1.84. The minimum atomic E-state index is -0.604. The highest BCUT2D eigenvalue weighted by Crippen LogP contribution is 2.38. The van der Waals surface area contributed by atoms with Crippen LogP contribution in [0, 0.1) is 6.92 Å². The molecule has 0 unspecified atom stereocenters. The maximum Gasteiger partial charge on any atom is 0.290 e. The number of hydrogen-bond donors (Lipinski definition) is 0. The van der Waals surface area contributed by atoms with Crippen LogP contribution in [0.2, 0.25) is 0 Å². The number of allylic oxidation sites excluding steroid dienone is 1. The zero-order chi connectivity index (χ0) is 25.4. The summed E-state index contributed by atoms with van der Waals surface area (Å²) in [5.74, 6) is 0.688. The topological polar surface area (TPSA) is 105 Å². The highest BCUT2D eigenvalue weighted by Gasteiger charge is 2.29. The van der Waals surface area contributed by atoms with Gasteiger partial charge in [-0.25, -0.2) is 0 Å². The average molecular weight is 509 g/mol. The van der Waals surface area contributed by atoms with E-state index in [1.54, 1.807) is 11.8 Å². The van der Waals surface area contributed by atoms with E-state index in [0.29, 0.717) is 22.4 Å². The van der Waals surface area contributed by atoms with Gasteiger partial charge in [0.25, 0.3) is 5.69 Å². The van der Waals surface area contributed by atoms with Crippen molar-refractivity contribution in [2.75, 3.05) is 7.11 Å². The number of hydrogen-bond acceptors (Lipinski definition) is 8. The predicted molar refractivity (Wildman–Crippen MR) is 136 cm³/mol. The summed E-state index contributed by atoms with van der Waals surface area (Å²) >= 11 is 1.40. The van der Waals surface area contributed by atoms with Crippen molar-refractivity contribution in [3.63, 3.8) is 0 Å². The number of fused-ring (bicyclic) bond motifs is 1. The average Bonchev–Trinajstić information content (AvgIpc) is 3.46. The fraction of sp³-hybridized carbons (Fsp3) is 0.0741. The lowest BCUT2D eigenvalue weighted by Crippen LogP contribution is -2.39. The van der Waals surface area contributed by atoms with Gasteiger partial charge < -0.3 is 14.4 Å². The van der Waals surface area contributed by atoms with Gasteiger partial charge in [-0.05, 0) is 47.1 Å². The summed E-state index contributed by atoms with van der Waals surface area (Å²) < 4.78 is 13.5. The number of thioether (sulfide) groups is 1. The number of aryl methyl sites for hydroxylation is 1. The predicted octanol–water partition coefficient (Wildman–Crippen LogP) is 4.00. The molecule has 0 saturated carbocycles. The minimum Gasteiger partial charge on any atom is -0.539 e. The van der Waals surface area contributed by atoms with Gasteiger partial charge in [0.15, 0.2) is 17.5 Å². The summed E-state index contributed by atoms with van der Waals surface area (Å²) in [7, 11) is 1.62. The Morgan fingerprint density at radius 1 is 0.919 bits per heavy atom. The Morgan fingerprint density at radius 3 is 2.41 bits per heavy atom. The minimum absolute atomic E-state index is 0.191. The van der Waals surface area contributed by atoms with Gasteiger partial charge in [0.05, 0.1) is 12.4 Å². The Bertz CT molecular complexity index is 1640. The van der Waals surface area contributed by atoms with E-state index in [1.807, 2.05) is 91.9 Å². The molecule has 0 fully saturated rings. The molecule has 0 saturated heterocycles. The van der Waals surface area contributed by atoms with Crippen molar-refractivity contribution >= 4 is 22.4 Å². The molecule has 6 rings (SSSR count). The van der Waals surface area contributed by atoms with Crippen LogP contribution in [0.1, 0.15) is 16.8 Å². The first kappa shape index (κ1) is 22.7. The third-order valence-electron chi connectivity index (χ3n) is 5.83. The van der Waals surface area contributed by atoms with E-state index in [9.17, 15) is 5.11 Å². The van der Waals surface area contributed by atoms with Gasteiger partial charge in [0.1, 0.15) is 5.75 Å². The Labute approximate surface area is 216 Å². The molecule has 0 atom stereocenters. The summed E-state index contributed by atoms with van der Waals surface area (Å²) in [6, 6.07) is 24.9. The van der Waals surface area contributed by atoms with Crippen LogP contribution in [-0.4, -0.2) is 33.0 Å². The maximum atomic E-state index is 13.0. The lowest BCUT2D eigenvalue weighted by Gasteiger charge is -2.06. The van der Waals surface area contributed by atoms with Crippen molar-refractivity contribution in [1.82, 2.24) is 20.1 Å². The SMILES string of the molecule is COc1ccc(C2=CC(c3c([O-])on[n+]3-c3ccc(C)cc3)=Nn3c(nnc3-c3ccccc3)S2)cc1. The quantitative estimate of drug-likeness (QED) is 0.331. The van der Waals surface area contributed by atoms with E-state index in [4.69, 9.17) is 14.4 Å². The van der Waals surface area contributed by atoms with Gasteiger partial charge in [0.2, 0.25) is 10.8 Å². The molecule has 37 heavy (non-hydrogen) atoms. The molecule has 0 N–H and O–H groups in total. The van der Waals surface area contributed by atoms with Gasteiger partial charge in [0, 0.05) is 22.6 Å². The van der Waals surface area contributed by atoms with Gasteiger partial charge in [-0.15, -0.1) is 10.2 Å². The van der Waals surface area contributed by atoms with Crippen LogP contribution in [0.4, 0.5) is 0 Å². The molecule has 10 heteroatoms. The Hall–Kier alpha value is -4.70. The van der Waals surface area contributed by atoms with E-state index < -0.39 is 5.95 Å². The maximum absolute atomic E-state index is 13.0. The van der Waals surface area contributed by atoms with E-state index in [-0.39, 0.29) is 5.69 Å². The van der Waals surface area contributed by atoms with Crippen molar-refractivity contribution in [2.45, 2.75) is 12.1 Å². The second-order valence-electron chi connectivity index (χ2n) is 8.26. The van der Waals surface area contributed by atoms with Crippen LogP contribution in [0.15, 0.2) is 99.7 Å². The van der Waals surface area contributed by atoms with Gasteiger partial charge in [-0.3, -0.25) is 0 Å². The van der Waals surface area contributed by atoms with Crippen molar-refractivity contribution in [3.05, 3.63) is 102 Å². The number of benzene rings is 3. The standard InChI is InChI=1S/C27H20N6O3S/c1-17-8-12-20(13-9-17)32-24(26(34)36-31-32)22-16-23(18-10-14-21(35-2)15-11-18)37-27-29-28-25(33(27)30-22)19-6-4-3-5-7-19/h3-16H,1-2H3. The molecular weight excluding hydrogens is 488 g/mol. The number of rotatable bonds is 5. The highest BCUT2D eigenvalue weighted by molar-refractivity contribution is 8.08. The molecule has 182 valence electrons. The molecule has 0 radical (unpaired) electrons. The third kappa shape index (κ3) is 4.27. The number of nitrogens with zero attached hydrogens (tertiary/aromatic N) is 6. The summed E-state index contributed by atoms with van der Waals surface area (Å²) in [5, 5.41) is 31.3. The molecule has 1 aliphatic heterocycles. The fourth-order valence-corrected chi connectivity index (χ4v) is 4.83. The molecule has 9 nitrogen and oxygen atoms in total. The van der Waals surface area contributed by atoms with Crippen LogP contribution < -0.4 is 14.5 Å². The van der Waals surface area contributed by atoms with Crippen molar-refractivity contribution in [1.29, 1.82) is 0 Å². The zero-order valence-corrected chi connectivity index (χ0v) is 20.7. The van der Waals surface area contributed by atoms with Crippen molar-refractivity contribution in [3.8, 4) is 28.8 Å². The van der Waals surface area contributed by atoms with Gasteiger partial charge in [-0.2, -0.15) is 9.78 Å². The molecule has 2 aromatic heterocycles. The first-order valence-electron chi connectivity index (χ1n) is 11.4. The van der Waals surface area contributed by atoms with Crippen LogP contribution >= 0.6 is 11.8 Å². The molecule has 3 aromatic carbocycles. The molecule has 0 aliphatic carbocycles. The van der Waals surface area contributed by atoms with E-state index in [1.165, 1.54) is 16.4 Å². The third-order valence-corrected chi connectivity index (χ3v) is 6.84. The first-order valence-corrected chi connectivity index (χ1v) is 12.2. The zero-order valence-electron chi connectivity index (χ0n) is 19.9. The van der Waals surface area contributed by atoms with Crippen LogP contribution in [-0.2, 0) is 0 Å². The van der Waals surface area contributed by atoms with Crippen molar-refractivity contribution < 1.29 is 19.0 Å². The molecule has 0 spiro atoms. The van der Waals surface area contributed by atoms with Gasteiger partial charge in [-0.1, -0.05) is 60.2 Å². The second kappa shape index (κ2) is 9.40. The second-order valence-corrected chi connectivity index (χ2v) is 9.27. The Kier molecular flexibility index (Phi) is 5.78. The van der Waals surface area contributed by atoms with Crippen LogP contribution in [0.25, 0.3) is 22.0 Å². The first-order chi connectivity index (χ1) is 18.1. The lowest BCUT2D eigenvalue weighted by atomic mass is 10.1.